The number of carbonyl (C=O) groups is 2. The first-order valence-corrected chi connectivity index (χ1v) is 8.07. The van der Waals surface area contributed by atoms with Crippen LogP contribution in [0.2, 0.25) is 0 Å². The number of ether oxygens (including phenoxy) is 1. The first-order valence-electron chi connectivity index (χ1n) is 7.25. The van der Waals surface area contributed by atoms with Crippen LogP contribution in [0.15, 0.2) is 36.5 Å². The molecule has 2 amide bonds. The normalized spacial score (nSPS) is 17.4. The third-order valence-corrected chi connectivity index (χ3v) is 4.36. The Morgan fingerprint density at radius 2 is 2.25 bits per heavy atom. The number of anilines is 1. The van der Waals surface area contributed by atoms with Crippen LogP contribution in [-0.4, -0.2) is 41.0 Å². The average molecular weight is 342 g/mol. The highest BCUT2D eigenvalue weighted by Gasteiger charge is 2.34. The summed E-state index contributed by atoms with van der Waals surface area (Å²) < 4.78 is 5.23. The highest BCUT2D eigenvalue weighted by Crippen LogP contribution is 2.19. The Labute approximate surface area is 142 Å². The van der Waals surface area contributed by atoms with E-state index in [1.807, 2.05) is 36.4 Å². The topological polar surface area (TPSA) is 95.3 Å². The minimum Gasteiger partial charge on any atom is -0.369 e. The molecule has 0 radical (unpaired) electrons. The molecule has 0 saturated carbocycles. The number of carbonyl (C=O) groups excluding carboxylic acids is 2. The van der Waals surface area contributed by atoms with E-state index >= 15 is 0 Å². The number of nitrogens with one attached hydrogen (secondary N) is 1. The molecule has 0 aliphatic carbocycles. The quantitative estimate of drug-likeness (QED) is 0.906. The van der Waals surface area contributed by atoms with Crippen molar-refractivity contribution in [2.75, 3.05) is 18.5 Å². The molecule has 7 nitrogen and oxygen atoms in total. The van der Waals surface area contributed by atoms with Crippen molar-refractivity contribution in [3.63, 3.8) is 0 Å². The molecule has 1 aliphatic rings. The van der Waals surface area contributed by atoms with Crippen LogP contribution < -0.4 is 5.32 Å². The Bertz CT molecular complexity index is 784. The van der Waals surface area contributed by atoms with Crippen molar-refractivity contribution >= 4 is 28.3 Å². The summed E-state index contributed by atoms with van der Waals surface area (Å²) in [5.74, 6) is -0.611. The maximum atomic E-state index is 12.5. The van der Waals surface area contributed by atoms with Gasteiger partial charge in [-0.15, -0.1) is 0 Å². The minimum absolute atomic E-state index is 0.0353. The largest absolute Gasteiger partial charge is 0.369 e. The van der Waals surface area contributed by atoms with E-state index in [-0.39, 0.29) is 25.0 Å². The number of hydrogen-bond donors (Lipinski definition) is 1. The number of nitrogens with zero attached hydrogens (tertiary/aromatic N) is 3. The van der Waals surface area contributed by atoms with Crippen molar-refractivity contribution in [3.05, 3.63) is 47.0 Å². The van der Waals surface area contributed by atoms with Crippen LogP contribution in [0.4, 0.5) is 5.13 Å². The fourth-order valence-corrected chi connectivity index (χ4v) is 2.99. The third-order valence-electron chi connectivity index (χ3n) is 3.54. The van der Waals surface area contributed by atoms with Gasteiger partial charge in [0.25, 0.3) is 5.91 Å². The van der Waals surface area contributed by atoms with Gasteiger partial charge in [0, 0.05) is 6.54 Å². The van der Waals surface area contributed by atoms with E-state index in [1.165, 1.54) is 11.1 Å². The molecule has 0 bridgehead atoms. The molecule has 1 aromatic heterocycles. The van der Waals surface area contributed by atoms with Gasteiger partial charge in [0.05, 0.1) is 12.8 Å². The number of benzene rings is 1. The van der Waals surface area contributed by atoms with Crippen molar-refractivity contribution in [1.82, 2.24) is 9.88 Å². The Kier molecular flexibility index (Phi) is 4.84. The molecule has 1 aromatic carbocycles. The molecule has 1 N–H and O–H groups in total. The zero-order valence-electron chi connectivity index (χ0n) is 12.6. The second-order valence-electron chi connectivity index (χ2n) is 5.17. The number of rotatable bonds is 4. The fourth-order valence-electron chi connectivity index (χ4n) is 2.37. The van der Waals surface area contributed by atoms with Gasteiger partial charge in [-0.05, 0) is 5.56 Å². The molecule has 3 rings (SSSR count). The van der Waals surface area contributed by atoms with Crippen molar-refractivity contribution in [2.24, 2.45) is 0 Å². The highest BCUT2D eigenvalue weighted by molar-refractivity contribution is 7.16. The Morgan fingerprint density at radius 1 is 1.46 bits per heavy atom. The summed E-state index contributed by atoms with van der Waals surface area (Å²) in [5, 5.41) is 11.8. The molecule has 1 fully saturated rings. The highest BCUT2D eigenvalue weighted by atomic mass is 32.1. The van der Waals surface area contributed by atoms with Gasteiger partial charge in [0.1, 0.15) is 23.6 Å². The minimum atomic E-state index is -0.735. The summed E-state index contributed by atoms with van der Waals surface area (Å²) in [7, 11) is 0. The molecule has 2 aromatic rings. The monoisotopic (exact) mass is 342 g/mol. The predicted octanol–water partition coefficient (Wildman–Crippen LogP) is 1.38. The number of nitriles is 1. The number of hydrogen-bond acceptors (Lipinski definition) is 6. The van der Waals surface area contributed by atoms with Gasteiger partial charge in [-0.2, -0.15) is 5.26 Å². The molecular weight excluding hydrogens is 328 g/mol. The van der Waals surface area contributed by atoms with Crippen molar-refractivity contribution in [3.8, 4) is 6.07 Å². The van der Waals surface area contributed by atoms with Crippen molar-refractivity contribution in [1.29, 1.82) is 5.26 Å². The molecule has 1 atom stereocenters. The molecule has 24 heavy (non-hydrogen) atoms. The summed E-state index contributed by atoms with van der Waals surface area (Å²) in [5.41, 5.74) is 0.937. The summed E-state index contributed by atoms with van der Waals surface area (Å²) in [4.78, 5) is 30.6. The predicted molar refractivity (Wildman–Crippen MR) is 87.1 cm³/mol. The lowest BCUT2D eigenvalue weighted by atomic mass is 10.1. The van der Waals surface area contributed by atoms with E-state index in [0.29, 0.717) is 16.6 Å². The first-order chi connectivity index (χ1) is 11.7. The van der Waals surface area contributed by atoms with E-state index in [4.69, 9.17) is 10.00 Å². The summed E-state index contributed by atoms with van der Waals surface area (Å²) in [6.07, 6.45) is 1.39. The van der Waals surface area contributed by atoms with Crippen LogP contribution >= 0.6 is 11.3 Å². The van der Waals surface area contributed by atoms with Crippen LogP contribution in [0, 0.1) is 11.3 Å². The molecule has 1 aliphatic heterocycles. The van der Waals surface area contributed by atoms with E-state index in [9.17, 15) is 9.59 Å². The summed E-state index contributed by atoms with van der Waals surface area (Å²) in [6.45, 7) is 0.426. The third kappa shape index (κ3) is 3.59. The SMILES string of the molecule is N#Cc1cnc(NC(=O)C2COCC(=O)N2Cc2ccccc2)s1. The molecular formula is C16H14N4O3S. The fraction of sp³-hybridized carbons (Fsp3) is 0.250. The first kappa shape index (κ1) is 16.1. The van der Waals surface area contributed by atoms with Gasteiger partial charge in [-0.1, -0.05) is 41.7 Å². The van der Waals surface area contributed by atoms with Crippen molar-refractivity contribution < 1.29 is 14.3 Å². The van der Waals surface area contributed by atoms with Crippen LogP contribution in [0.5, 0.6) is 0 Å². The molecule has 0 spiro atoms. The summed E-state index contributed by atoms with van der Waals surface area (Å²) >= 11 is 1.08. The van der Waals surface area contributed by atoms with Crippen LogP contribution in [0.25, 0.3) is 0 Å². The van der Waals surface area contributed by atoms with E-state index < -0.39 is 6.04 Å². The lowest BCUT2D eigenvalue weighted by Gasteiger charge is -2.34. The van der Waals surface area contributed by atoms with Crippen LogP contribution in [0.1, 0.15) is 10.4 Å². The van der Waals surface area contributed by atoms with Gasteiger partial charge in [0.2, 0.25) is 5.91 Å². The number of morpholine rings is 1. The standard InChI is InChI=1S/C16H14N4O3S/c17-6-12-7-18-16(24-12)19-15(22)13-9-23-10-14(21)20(13)8-11-4-2-1-3-5-11/h1-5,7,13H,8-10H2,(H,18,19,22). The van der Waals surface area contributed by atoms with E-state index in [0.717, 1.165) is 16.9 Å². The van der Waals surface area contributed by atoms with Crippen molar-refractivity contribution in [2.45, 2.75) is 12.6 Å². The number of amides is 2. The summed E-state index contributed by atoms with van der Waals surface area (Å²) in [6, 6.07) is 10.7. The number of thiazole rings is 1. The van der Waals surface area contributed by atoms with Crippen LogP contribution in [-0.2, 0) is 20.9 Å². The zero-order chi connectivity index (χ0) is 16.9. The average Bonchev–Trinajstić information content (AvgIpc) is 3.05. The van der Waals surface area contributed by atoms with Crippen LogP contribution in [0.3, 0.4) is 0 Å². The maximum absolute atomic E-state index is 12.5. The Hall–Kier alpha value is -2.76. The maximum Gasteiger partial charge on any atom is 0.251 e. The molecule has 122 valence electrons. The molecule has 8 heteroatoms. The zero-order valence-corrected chi connectivity index (χ0v) is 13.5. The molecule has 2 heterocycles. The second kappa shape index (κ2) is 7.21. The number of aromatic nitrogens is 1. The molecule has 1 saturated heterocycles. The lowest BCUT2D eigenvalue weighted by Crippen LogP contribution is -2.54. The Balaban J connectivity index is 1.74. The second-order valence-corrected chi connectivity index (χ2v) is 6.20. The van der Waals surface area contributed by atoms with Gasteiger partial charge >= 0.3 is 0 Å². The molecule has 1 unspecified atom stereocenters. The van der Waals surface area contributed by atoms with Gasteiger partial charge in [-0.25, -0.2) is 4.98 Å². The van der Waals surface area contributed by atoms with E-state index in [2.05, 4.69) is 10.3 Å². The smallest absolute Gasteiger partial charge is 0.251 e. The van der Waals surface area contributed by atoms with Gasteiger partial charge in [-0.3, -0.25) is 9.59 Å². The van der Waals surface area contributed by atoms with Gasteiger partial charge < -0.3 is 15.0 Å². The lowest BCUT2D eigenvalue weighted by molar-refractivity contribution is -0.154. The van der Waals surface area contributed by atoms with Gasteiger partial charge in [0.15, 0.2) is 5.13 Å². The Morgan fingerprint density at radius 3 is 2.96 bits per heavy atom. The van der Waals surface area contributed by atoms with E-state index in [1.54, 1.807) is 0 Å².